The lowest BCUT2D eigenvalue weighted by atomic mass is 10.1. The Morgan fingerprint density at radius 2 is 1.88 bits per heavy atom. The third-order valence-electron chi connectivity index (χ3n) is 3.42. The van der Waals surface area contributed by atoms with E-state index in [4.69, 9.17) is 16.7 Å². The van der Waals surface area contributed by atoms with E-state index in [1.807, 2.05) is 0 Å². The van der Waals surface area contributed by atoms with Crippen molar-refractivity contribution in [2.24, 2.45) is 5.14 Å². The molecule has 0 radical (unpaired) electrons. The largest absolute Gasteiger partial charge is 0.364 e. The van der Waals surface area contributed by atoms with Crippen molar-refractivity contribution in [3.8, 4) is 0 Å². The first-order valence-electron chi connectivity index (χ1n) is 6.49. The molecule has 1 atom stereocenters. The zero-order chi connectivity index (χ0) is 17.7. The summed E-state index contributed by atoms with van der Waals surface area (Å²) < 4.78 is 51.3. The van der Waals surface area contributed by atoms with Crippen LogP contribution in [0.15, 0.2) is 50.7 Å². The highest BCUT2D eigenvalue weighted by molar-refractivity contribution is 9.10. The number of nitrogens with one attached hydrogen (secondary N) is 2. The number of hydrogen-bond donors (Lipinski definition) is 3. The van der Waals surface area contributed by atoms with Crippen molar-refractivity contribution in [2.75, 3.05) is 5.32 Å². The fourth-order valence-corrected chi connectivity index (χ4v) is 5.33. The van der Waals surface area contributed by atoms with Gasteiger partial charge in [-0.2, -0.15) is 4.72 Å². The first-order valence-corrected chi connectivity index (χ1v) is 10.7. The van der Waals surface area contributed by atoms with Gasteiger partial charge in [0.15, 0.2) is 0 Å². The molecule has 4 N–H and O–H groups in total. The smallest absolute Gasteiger partial charge is 0.244 e. The summed E-state index contributed by atoms with van der Waals surface area (Å²) in [7, 11) is -8.12. The average Bonchev–Trinajstić information content (AvgIpc) is 2.44. The van der Waals surface area contributed by atoms with Crippen LogP contribution < -0.4 is 15.2 Å². The van der Waals surface area contributed by atoms with Gasteiger partial charge in [0.2, 0.25) is 20.0 Å². The number of nitrogens with two attached hydrogens (primary N) is 1. The maximum Gasteiger partial charge on any atom is 0.244 e. The molecule has 0 spiro atoms. The molecule has 0 saturated heterocycles. The van der Waals surface area contributed by atoms with Crippen LogP contribution in [0.25, 0.3) is 0 Å². The Labute approximate surface area is 152 Å². The average molecular weight is 453 g/mol. The Hall–Kier alpha value is -1.17. The van der Waals surface area contributed by atoms with Crippen LogP contribution in [-0.4, -0.2) is 16.8 Å². The van der Waals surface area contributed by atoms with E-state index in [0.29, 0.717) is 10.0 Å². The van der Waals surface area contributed by atoms with Crippen molar-refractivity contribution < 1.29 is 16.8 Å². The number of hydrogen-bond acceptors (Lipinski definition) is 5. The van der Waals surface area contributed by atoms with E-state index in [-0.39, 0.29) is 15.6 Å². The van der Waals surface area contributed by atoms with Crippen LogP contribution in [0.1, 0.15) is 11.7 Å². The van der Waals surface area contributed by atoms with Crippen LogP contribution >= 0.6 is 27.5 Å². The van der Waals surface area contributed by atoms with E-state index >= 15 is 0 Å². The molecule has 1 aliphatic heterocycles. The summed E-state index contributed by atoms with van der Waals surface area (Å²) in [5, 5.41) is 7.89. The molecule has 0 saturated carbocycles. The molecule has 1 aliphatic rings. The minimum Gasteiger partial charge on any atom is -0.364 e. The second kappa shape index (κ2) is 5.97. The molecular formula is C13H11BrClN3O4S2. The SMILES string of the molecule is NS(=O)(=O)c1cc2c(cc1Cl)NC(c1ccccc1Br)NS2(=O)=O. The maximum absolute atomic E-state index is 12.5. The fraction of sp³-hybridized carbons (Fsp3) is 0.0769. The van der Waals surface area contributed by atoms with Crippen LogP contribution in [0.5, 0.6) is 0 Å². The second-order valence-corrected chi connectivity index (χ2v) is 9.52. The Bertz CT molecular complexity index is 1040. The number of benzene rings is 2. The number of sulfonamides is 2. The van der Waals surface area contributed by atoms with Gasteiger partial charge in [0.25, 0.3) is 0 Å². The molecule has 0 aliphatic carbocycles. The van der Waals surface area contributed by atoms with Crippen molar-refractivity contribution in [1.29, 1.82) is 0 Å². The lowest BCUT2D eigenvalue weighted by Crippen LogP contribution is -2.38. The van der Waals surface area contributed by atoms with Crippen LogP contribution in [0.3, 0.4) is 0 Å². The molecule has 2 aromatic carbocycles. The Kier molecular flexibility index (Phi) is 4.39. The van der Waals surface area contributed by atoms with E-state index in [1.165, 1.54) is 6.07 Å². The molecule has 2 aromatic rings. The van der Waals surface area contributed by atoms with E-state index in [9.17, 15) is 16.8 Å². The maximum atomic E-state index is 12.5. The quantitative estimate of drug-likeness (QED) is 0.645. The lowest BCUT2D eigenvalue weighted by molar-refractivity contribution is 0.561. The van der Waals surface area contributed by atoms with E-state index in [1.54, 1.807) is 24.3 Å². The van der Waals surface area contributed by atoms with Crippen LogP contribution in [-0.2, 0) is 20.0 Å². The molecule has 24 heavy (non-hydrogen) atoms. The van der Waals surface area contributed by atoms with Crippen molar-refractivity contribution in [2.45, 2.75) is 16.0 Å². The normalized spacial score (nSPS) is 19.4. The van der Waals surface area contributed by atoms with Gasteiger partial charge in [-0.1, -0.05) is 45.7 Å². The Morgan fingerprint density at radius 1 is 1.21 bits per heavy atom. The van der Waals surface area contributed by atoms with Gasteiger partial charge >= 0.3 is 0 Å². The summed E-state index contributed by atoms with van der Waals surface area (Å²) in [5.41, 5.74) is 0.852. The Morgan fingerprint density at radius 3 is 2.50 bits per heavy atom. The van der Waals surface area contributed by atoms with Crippen LogP contribution in [0.2, 0.25) is 5.02 Å². The molecule has 11 heteroatoms. The molecule has 0 aromatic heterocycles. The highest BCUT2D eigenvalue weighted by atomic mass is 79.9. The van der Waals surface area contributed by atoms with Crippen molar-refractivity contribution in [3.63, 3.8) is 0 Å². The summed E-state index contributed by atoms with van der Waals surface area (Å²) in [6.07, 6.45) is -0.741. The topological polar surface area (TPSA) is 118 Å². The summed E-state index contributed by atoms with van der Waals surface area (Å²) in [4.78, 5) is -0.686. The van der Waals surface area contributed by atoms with Gasteiger partial charge < -0.3 is 5.32 Å². The van der Waals surface area contributed by atoms with Crippen LogP contribution in [0.4, 0.5) is 5.69 Å². The third-order valence-corrected chi connectivity index (χ3v) is 6.98. The van der Waals surface area contributed by atoms with Crippen molar-refractivity contribution >= 4 is 53.3 Å². The lowest BCUT2D eigenvalue weighted by Gasteiger charge is -2.29. The molecule has 128 valence electrons. The third kappa shape index (κ3) is 3.17. The number of primary sulfonamides is 1. The predicted octanol–water partition coefficient (Wildman–Crippen LogP) is 2.15. The first-order chi connectivity index (χ1) is 11.1. The molecule has 3 rings (SSSR count). The minimum absolute atomic E-state index is 0.160. The molecule has 1 heterocycles. The van der Waals surface area contributed by atoms with Gasteiger partial charge in [-0.3, -0.25) is 0 Å². The van der Waals surface area contributed by atoms with Gasteiger partial charge in [0, 0.05) is 10.0 Å². The zero-order valence-electron chi connectivity index (χ0n) is 11.8. The summed E-state index contributed by atoms with van der Waals surface area (Å²) >= 11 is 9.31. The molecule has 0 amide bonds. The molecule has 1 unspecified atom stereocenters. The number of rotatable bonds is 2. The predicted molar refractivity (Wildman–Crippen MR) is 93.7 cm³/mol. The van der Waals surface area contributed by atoms with Gasteiger partial charge in [0.05, 0.1) is 10.7 Å². The number of halogens is 2. The molecule has 7 nitrogen and oxygen atoms in total. The summed E-state index contributed by atoms with van der Waals surface area (Å²) in [5.74, 6) is 0. The first kappa shape index (κ1) is 17.6. The zero-order valence-corrected chi connectivity index (χ0v) is 15.8. The summed E-state index contributed by atoms with van der Waals surface area (Å²) in [6, 6.07) is 9.27. The van der Waals surface area contributed by atoms with Gasteiger partial charge in [0.1, 0.15) is 16.0 Å². The number of fused-ring (bicyclic) bond motifs is 1. The van der Waals surface area contributed by atoms with E-state index < -0.39 is 31.1 Å². The van der Waals surface area contributed by atoms with Gasteiger partial charge in [-0.05, 0) is 18.2 Å². The minimum atomic E-state index is -4.15. The standard InChI is InChI=1S/C13H11BrClN3O4S2/c14-8-4-2-1-3-7(8)13-17-10-5-9(15)11(23(16,19)20)6-12(10)24(21,22)18-13/h1-6,13,17-18H,(H2,16,19,20). The fourth-order valence-electron chi connectivity index (χ4n) is 2.34. The molecule has 0 bridgehead atoms. The molecule has 0 fully saturated rings. The highest BCUT2D eigenvalue weighted by Gasteiger charge is 2.33. The Balaban J connectivity index is 2.16. The van der Waals surface area contributed by atoms with Gasteiger partial charge in [-0.25, -0.2) is 22.0 Å². The van der Waals surface area contributed by atoms with Crippen molar-refractivity contribution in [3.05, 3.63) is 51.5 Å². The highest BCUT2D eigenvalue weighted by Crippen LogP contribution is 2.37. The van der Waals surface area contributed by atoms with E-state index in [0.717, 1.165) is 6.07 Å². The van der Waals surface area contributed by atoms with Crippen molar-refractivity contribution in [1.82, 2.24) is 4.72 Å². The number of anilines is 1. The second-order valence-electron chi connectivity index (χ2n) is 5.04. The summed E-state index contributed by atoms with van der Waals surface area (Å²) in [6.45, 7) is 0. The van der Waals surface area contributed by atoms with Crippen LogP contribution in [0, 0.1) is 0 Å². The monoisotopic (exact) mass is 451 g/mol. The molecular weight excluding hydrogens is 442 g/mol. The van der Waals surface area contributed by atoms with E-state index in [2.05, 4.69) is 26.0 Å². The van der Waals surface area contributed by atoms with Gasteiger partial charge in [-0.15, -0.1) is 0 Å².